The SMILES string of the molecule is Cc1ccnc(NCCCC(=O)NCC(=O)N[C@@H](CC(=O)O)c2ccc(-c3ccc4cc(OCCOCCOCCOCCOCCN=[N+]=[N-])ccc4c3)cc2)c1. The van der Waals surface area contributed by atoms with Gasteiger partial charge in [-0.1, -0.05) is 47.6 Å². The molecule has 0 aliphatic heterocycles. The van der Waals surface area contributed by atoms with Gasteiger partial charge in [0.25, 0.3) is 0 Å². The Labute approximate surface area is 331 Å². The van der Waals surface area contributed by atoms with Crippen LogP contribution in [-0.4, -0.2) is 107 Å². The van der Waals surface area contributed by atoms with Gasteiger partial charge < -0.3 is 44.7 Å². The topological polar surface area (TPSA) is 215 Å². The molecule has 2 amide bonds. The summed E-state index contributed by atoms with van der Waals surface area (Å²) in [6.45, 7) is 6.42. The molecule has 4 rings (SSSR count). The predicted octanol–water partition coefficient (Wildman–Crippen LogP) is 5.61. The first kappa shape index (κ1) is 44.0. The second kappa shape index (κ2) is 25.4. The van der Waals surface area contributed by atoms with Crippen LogP contribution in [0.5, 0.6) is 5.75 Å². The molecule has 57 heavy (non-hydrogen) atoms. The second-order valence-corrected chi connectivity index (χ2v) is 12.8. The number of carbonyl (C=O) groups excluding carboxylic acids is 2. The summed E-state index contributed by atoms with van der Waals surface area (Å²) >= 11 is 0. The molecule has 0 saturated carbocycles. The number of azide groups is 1. The van der Waals surface area contributed by atoms with Crippen molar-refractivity contribution in [1.29, 1.82) is 0 Å². The molecule has 0 unspecified atom stereocenters. The van der Waals surface area contributed by atoms with E-state index in [1.165, 1.54) is 0 Å². The van der Waals surface area contributed by atoms with Crippen LogP contribution in [0.15, 0.2) is 84.1 Å². The van der Waals surface area contributed by atoms with E-state index in [9.17, 15) is 19.5 Å². The normalized spacial score (nSPS) is 11.4. The van der Waals surface area contributed by atoms with Crippen molar-refractivity contribution in [2.75, 3.05) is 84.4 Å². The van der Waals surface area contributed by atoms with Crippen LogP contribution in [0.4, 0.5) is 5.82 Å². The van der Waals surface area contributed by atoms with Gasteiger partial charge in [0.2, 0.25) is 11.8 Å². The summed E-state index contributed by atoms with van der Waals surface area (Å²) in [4.78, 5) is 43.6. The highest BCUT2D eigenvalue weighted by Gasteiger charge is 2.19. The quantitative estimate of drug-likeness (QED) is 0.0240. The average Bonchev–Trinajstić information content (AvgIpc) is 3.21. The summed E-state index contributed by atoms with van der Waals surface area (Å²) in [5.74, 6) is -0.337. The molecule has 1 atom stereocenters. The molecular formula is C41H51N7O9. The Bertz CT molecular complexity index is 1910. The zero-order chi connectivity index (χ0) is 40.5. The van der Waals surface area contributed by atoms with Crippen LogP contribution in [0.1, 0.15) is 36.4 Å². The first-order valence-electron chi connectivity index (χ1n) is 18.8. The number of aryl methyl sites for hydroxylation is 1. The molecule has 4 aromatic rings. The van der Waals surface area contributed by atoms with E-state index in [0.29, 0.717) is 84.5 Å². The number of benzene rings is 3. The van der Waals surface area contributed by atoms with Gasteiger partial charge in [-0.2, -0.15) is 0 Å². The van der Waals surface area contributed by atoms with Crippen LogP contribution in [0.25, 0.3) is 32.3 Å². The number of aliphatic carboxylic acids is 1. The highest BCUT2D eigenvalue weighted by atomic mass is 16.6. The lowest BCUT2D eigenvalue weighted by atomic mass is 9.97. The van der Waals surface area contributed by atoms with Gasteiger partial charge in [0.1, 0.15) is 18.2 Å². The van der Waals surface area contributed by atoms with Crippen LogP contribution in [0.3, 0.4) is 0 Å². The summed E-state index contributed by atoms with van der Waals surface area (Å²) in [5, 5.41) is 23.5. The van der Waals surface area contributed by atoms with Crippen molar-refractivity contribution in [3.8, 4) is 16.9 Å². The number of carboxylic acid groups (broad SMARTS) is 1. The lowest BCUT2D eigenvalue weighted by molar-refractivity contribution is -0.138. The minimum absolute atomic E-state index is 0.227. The maximum absolute atomic E-state index is 12.7. The van der Waals surface area contributed by atoms with Gasteiger partial charge in [0, 0.05) is 30.6 Å². The Kier molecular flexibility index (Phi) is 19.6. The van der Waals surface area contributed by atoms with Crippen LogP contribution in [0, 0.1) is 6.92 Å². The first-order chi connectivity index (χ1) is 27.8. The van der Waals surface area contributed by atoms with E-state index in [-0.39, 0.29) is 25.3 Å². The van der Waals surface area contributed by atoms with E-state index in [0.717, 1.165) is 39.0 Å². The standard InChI is InChI=1S/C41H51N7O9/c1-30-12-14-44-38(25-30)43-13-2-3-39(49)45-29-40(50)47-37(28-41(51)52)32-6-4-31(5-7-32)33-8-9-35-27-36(11-10-34(35)26-33)57-24-23-56-22-21-55-20-19-54-18-17-53-16-15-46-48-42/h4-12,14,25-27,37H,2-3,13,15-24,28-29H2,1H3,(H,43,44)(H,45,49)(H,47,50)(H,51,52)/t37-/m0/s1. The molecule has 0 aliphatic carbocycles. The summed E-state index contributed by atoms with van der Waals surface area (Å²) in [6.07, 6.45) is 2.19. The smallest absolute Gasteiger partial charge is 0.305 e. The van der Waals surface area contributed by atoms with E-state index in [1.54, 1.807) is 18.3 Å². The third-order valence-electron chi connectivity index (χ3n) is 8.43. The number of rotatable bonds is 28. The number of hydrogen-bond acceptors (Lipinski definition) is 11. The zero-order valence-electron chi connectivity index (χ0n) is 32.2. The molecule has 16 heteroatoms. The molecule has 0 fully saturated rings. The number of anilines is 1. The van der Waals surface area contributed by atoms with Crippen molar-refractivity contribution in [3.63, 3.8) is 0 Å². The number of pyridine rings is 1. The van der Waals surface area contributed by atoms with Crippen molar-refractivity contribution in [2.45, 2.75) is 32.2 Å². The highest BCUT2D eigenvalue weighted by molar-refractivity contribution is 5.88. The molecular weight excluding hydrogens is 734 g/mol. The molecule has 0 bridgehead atoms. The van der Waals surface area contributed by atoms with Crippen molar-refractivity contribution >= 4 is 34.4 Å². The van der Waals surface area contributed by atoms with Crippen molar-refractivity contribution in [3.05, 3.63) is 101 Å². The van der Waals surface area contributed by atoms with E-state index in [1.807, 2.05) is 61.5 Å². The number of amides is 2. The molecule has 4 N–H and O–H groups in total. The number of aromatic nitrogens is 1. The van der Waals surface area contributed by atoms with Gasteiger partial charge in [-0.15, -0.1) is 0 Å². The molecule has 0 saturated heterocycles. The monoisotopic (exact) mass is 785 g/mol. The highest BCUT2D eigenvalue weighted by Crippen LogP contribution is 2.28. The van der Waals surface area contributed by atoms with Gasteiger partial charge in [-0.3, -0.25) is 14.4 Å². The number of nitrogens with zero attached hydrogens (tertiary/aromatic N) is 4. The molecule has 0 spiro atoms. The molecule has 0 aliphatic rings. The molecule has 1 aromatic heterocycles. The van der Waals surface area contributed by atoms with Crippen LogP contribution < -0.4 is 20.7 Å². The summed E-state index contributed by atoms with van der Waals surface area (Å²) in [5.41, 5.74) is 11.8. The van der Waals surface area contributed by atoms with Crippen LogP contribution in [0.2, 0.25) is 0 Å². The Balaban J connectivity index is 1.14. The molecule has 16 nitrogen and oxygen atoms in total. The minimum atomic E-state index is -1.06. The van der Waals surface area contributed by atoms with E-state index in [2.05, 4.69) is 37.0 Å². The maximum Gasteiger partial charge on any atom is 0.305 e. The number of nitrogens with one attached hydrogen (secondary N) is 3. The van der Waals surface area contributed by atoms with Crippen molar-refractivity contribution in [1.82, 2.24) is 15.6 Å². The van der Waals surface area contributed by atoms with Gasteiger partial charge in [-0.25, -0.2) is 4.98 Å². The fourth-order valence-corrected chi connectivity index (χ4v) is 5.57. The van der Waals surface area contributed by atoms with E-state index in [4.69, 9.17) is 29.2 Å². The fourth-order valence-electron chi connectivity index (χ4n) is 5.57. The Morgan fingerprint density at radius 3 is 2.12 bits per heavy atom. The van der Waals surface area contributed by atoms with E-state index >= 15 is 0 Å². The Hall–Kier alpha value is -5.77. The number of carboxylic acids is 1. The predicted molar refractivity (Wildman–Crippen MR) is 215 cm³/mol. The molecule has 0 radical (unpaired) electrons. The Morgan fingerprint density at radius 2 is 1.44 bits per heavy atom. The summed E-state index contributed by atoms with van der Waals surface area (Å²) in [7, 11) is 0. The van der Waals surface area contributed by atoms with Crippen molar-refractivity contribution < 1.29 is 43.2 Å². The summed E-state index contributed by atoms with van der Waals surface area (Å²) in [6, 6.07) is 22.4. The summed E-state index contributed by atoms with van der Waals surface area (Å²) < 4.78 is 27.6. The molecule has 304 valence electrons. The first-order valence-corrected chi connectivity index (χ1v) is 18.8. The zero-order valence-corrected chi connectivity index (χ0v) is 32.2. The van der Waals surface area contributed by atoms with Gasteiger partial charge in [0.05, 0.1) is 71.9 Å². The van der Waals surface area contributed by atoms with Gasteiger partial charge in [-0.05, 0) is 82.2 Å². The Morgan fingerprint density at radius 1 is 0.789 bits per heavy atom. The largest absolute Gasteiger partial charge is 0.491 e. The third-order valence-corrected chi connectivity index (χ3v) is 8.43. The number of fused-ring (bicyclic) bond motifs is 1. The van der Waals surface area contributed by atoms with Crippen LogP contribution >= 0.6 is 0 Å². The maximum atomic E-state index is 12.7. The second-order valence-electron chi connectivity index (χ2n) is 12.8. The van der Waals surface area contributed by atoms with Crippen molar-refractivity contribution in [2.24, 2.45) is 5.11 Å². The number of carbonyl (C=O) groups is 3. The fraction of sp³-hybridized carbons (Fsp3) is 0.415. The lowest BCUT2D eigenvalue weighted by Gasteiger charge is -2.18. The lowest BCUT2D eigenvalue weighted by Crippen LogP contribution is -2.39. The third kappa shape index (κ3) is 17.3. The molecule has 1 heterocycles. The van der Waals surface area contributed by atoms with Crippen LogP contribution in [-0.2, 0) is 33.3 Å². The van der Waals surface area contributed by atoms with E-state index < -0.39 is 17.9 Å². The minimum Gasteiger partial charge on any atom is -0.491 e. The van der Waals surface area contributed by atoms with Gasteiger partial charge in [0.15, 0.2) is 0 Å². The van der Waals surface area contributed by atoms with Gasteiger partial charge >= 0.3 is 5.97 Å². The number of hydrogen-bond donors (Lipinski definition) is 4. The molecule has 3 aromatic carbocycles. The average molecular weight is 786 g/mol. The number of ether oxygens (including phenoxy) is 5.